The van der Waals surface area contributed by atoms with Gasteiger partial charge in [0.15, 0.2) is 5.60 Å². The van der Waals surface area contributed by atoms with E-state index in [1.807, 2.05) is 66.7 Å². The van der Waals surface area contributed by atoms with E-state index in [0.717, 1.165) is 22.4 Å². The van der Waals surface area contributed by atoms with Crippen LogP contribution in [0.2, 0.25) is 0 Å². The standard InChI is InChI=1S/C24H25NO4/c1-24(2,23(27)28)29-19-14-12-17(13-15-19)16-22(26)25-21-11-7-6-10-20(21)18-8-4-3-5-9-18/h3-15,22,25-26H,16H2,1-2H3,(H,27,28). The van der Waals surface area contributed by atoms with Gasteiger partial charge in [0.25, 0.3) is 0 Å². The molecule has 1 atom stereocenters. The van der Waals surface area contributed by atoms with E-state index in [1.54, 1.807) is 12.1 Å². The first-order chi connectivity index (χ1) is 13.8. The second kappa shape index (κ2) is 8.80. The molecule has 0 radical (unpaired) electrons. The fraction of sp³-hybridized carbons (Fsp3) is 0.208. The third-order valence-electron chi connectivity index (χ3n) is 4.57. The SMILES string of the molecule is CC(C)(Oc1ccc(CC(O)Nc2ccccc2-c2ccccc2)cc1)C(=O)O. The van der Waals surface area contributed by atoms with Crippen molar-refractivity contribution in [1.29, 1.82) is 0 Å². The highest BCUT2D eigenvalue weighted by atomic mass is 16.5. The molecule has 0 spiro atoms. The van der Waals surface area contributed by atoms with Gasteiger partial charge in [-0.1, -0.05) is 60.7 Å². The number of carbonyl (C=O) groups is 1. The van der Waals surface area contributed by atoms with Gasteiger partial charge in [0, 0.05) is 17.7 Å². The fourth-order valence-electron chi connectivity index (χ4n) is 2.96. The Hall–Kier alpha value is -3.31. The first-order valence-electron chi connectivity index (χ1n) is 9.45. The second-order valence-corrected chi connectivity index (χ2v) is 7.34. The van der Waals surface area contributed by atoms with Crippen LogP contribution in [0.4, 0.5) is 5.69 Å². The van der Waals surface area contributed by atoms with Gasteiger partial charge in [0.2, 0.25) is 0 Å². The molecule has 5 heteroatoms. The molecule has 0 aliphatic rings. The molecule has 3 aromatic rings. The van der Waals surface area contributed by atoms with E-state index < -0.39 is 17.8 Å². The van der Waals surface area contributed by atoms with Crippen LogP contribution in [0, 0.1) is 0 Å². The minimum absolute atomic E-state index is 0.395. The van der Waals surface area contributed by atoms with Crippen LogP contribution in [0.15, 0.2) is 78.9 Å². The predicted molar refractivity (Wildman–Crippen MR) is 114 cm³/mol. The van der Waals surface area contributed by atoms with Gasteiger partial charge in [0.05, 0.1) is 0 Å². The lowest BCUT2D eigenvalue weighted by Crippen LogP contribution is -2.37. The van der Waals surface area contributed by atoms with Gasteiger partial charge in [-0.25, -0.2) is 4.79 Å². The van der Waals surface area contributed by atoms with Crippen LogP contribution in [-0.2, 0) is 11.2 Å². The van der Waals surface area contributed by atoms with E-state index in [4.69, 9.17) is 9.84 Å². The third kappa shape index (κ3) is 5.36. The van der Waals surface area contributed by atoms with Gasteiger partial charge in [-0.3, -0.25) is 0 Å². The molecule has 0 fully saturated rings. The molecule has 0 bridgehead atoms. The molecule has 0 saturated carbocycles. The molecule has 3 rings (SSSR count). The summed E-state index contributed by atoms with van der Waals surface area (Å²) in [4.78, 5) is 11.2. The van der Waals surface area contributed by atoms with Crippen LogP contribution in [-0.4, -0.2) is 28.0 Å². The number of benzene rings is 3. The Kier molecular flexibility index (Phi) is 6.20. The minimum atomic E-state index is -1.30. The molecule has 1 unspecified atom stereocenters. The summed E-state index contributed by atoms with van der Waals surface area (Å²) in [5.41, 5.74) is 2.55. The lowest BCUT2D eigenvalue weighted by molar-refractivity contribution is -0.152. The third-order valence-corrected chi connectivity index (χ3v) is 4.57. The number of rotatable bonds is 8. The summed E-state index contributed by atoms with van der Waals surface area (Å²) in [6.45, 7) is 3.00. The van der Waals surface area contributed by atoms with Gasteiger partial charge < -0.3 is 20.3 Å². The van der Waals surface area contributed by atoms with E-state index in [2.05, 4.69) is 5.32 Å². The molecule has 3 N–H and O–H groups in total. The molecule has 0 aliphatic heterocycles. The highest BCUT2D eigenvalue weighted by Gasteiger charge is 2.29. The van der Waals surface area contributed by atoms with Gasteiger partial charge in [0.1, 0.15) is 12.0 Å². The van der Waals surface area contributed by atoms with E-state index in [9.17, 15) is 9.90 Å². The zero-order chi connectivity index (χ0) is 20.9. The molecular weight excluding hydrogens is 366 g/mol. The number of nitrogens with one attached hydrogen (secondary N) is 1. The summed E-state index contributed by atoms with van der Waals surface area (Å²) in [5, 5.41) is 22.9. The number of carboxylic acids is 1. The van der Waals surface area contributed by atoms with E-state index in [0.29, 0.717) is 12.2 Å². The summed E-state index contributed by atoms with van der Waals surface area (Å²) < 4.78 is 5.51. The lowest BCUT2D eigenvalue weighted by Gasteiger charge is -2.22. The van der Waals surface area contributed by atoms with Crippen LogP contribution < -0.4 is 10.1 Å². The molecular formula is C24H25NO4. The number of para-hydroxylation sites is 1. The smallest absolute Gasteiger partial charge is 0.347 e. The average Bonchev–Trinajstić information content (AvgIpc) is 2.70. The van der Waals surface area contributed by atoms with Crippen molar-refractivity contribution in [2.24, 2.45) is 0 Å². The molecule has 5 nitrogen and oxygen atoms in total. The number of aliphatic hydroxyl groups is 1. The van der Waals surface area contributed by atoms with Crippen molar-refractivity contribution < 1.29 is 19.7 Å². The Labute approximate surface area is 170 Å². The molecule has 29 heavy (non-hydrogen) atoms. The maximum Gasteiger partial charge on any atom is 0.347 e. The molecule has 0 amide bonds. The Morgan fingerprint density at radius 2 is 1.59 bits per heavy atom. The Bertz CT molecular complexity index is 952. The number of hydrogen-bond acceptors (Lipinski definition) is 4. The molecule has 0 aromatic heterocycles. The Balaban J connectivity index is 1.66. The van der Waals surface area contributed by atoms with Crippen molar-refractivity contribution in [3.8, 4) is 16.9 Å². The summed E-state index contributed by atoms with van der Waals surface area (Å²) in [7, 11) is 0. The lowest BCUT2D eigenvalue weighted by atomic mass is 10.0. The van der Waals surface area contributed by atoms with Gasteiger partial charge in [-0.15, -0.1) is 0 Å². The average molecular weight is 391 g/mol. The first kappa shape index (κ1) is 20.4. The van der Waals surface area contributed by atoms with Crippen molar-refractivity contribution in [2.45, 2.75) is 32.1 Å². The molecule has 3 aromatic carbocycles. The topological polar surface area (TPSA) is 78.8 Å². The van der Waals surface area contributed by atoms with E-state index in [-0.39, 0.29) is 0 Å². The monoisotopic (exact) mass is 391 g/mol. The number of carboxylic acid groups (broad SMARTS) is 1. The van der Waals surface area contributed by atoms with Crippen molar-refractivity contribution in [3.05, 3.63) is 84.4 Å². The van der Waals surface area contributed by atoms with Gasteiger partial charge >= 0.3 is 5.97 Å². The Morgan fingerprint density at radius 1 is 0.966 bits per heavy atom. The van der Waals surface area contributed by atoms with Crippen molar-refractivity contribution in [2.75, 3.05) is 5.32 Å². The number of hydrogen-bond donors (Lipinski definition) is 3. The highest BCUT2D eigenvalue weighted by molar-refractivity contribution is 5.78. The van der Waals surface area contributed by atoms with E-state index >= 15 is 0 Å². The predicted octanol–water partition coefficient (Wildman–Crippen LogP) is 4.57. The maximum absolute atomic E-state index is 11.2. The van der Waals surface area contributed by atoms with E-state index in [1.165, 1.54) is 13.8 Å². The first-order valence-corrected chi connectivity index (χ1v) is 9.45. The Morgan fingerprint density at radius 3 is 2.24 bits per heavy atom. The molecule has 0 heterocycles. The highest BCUT2D eigenvalue weighted by Crippen LogP contribution is 2.28. The molecule has 0 aliphatic carbocycles. The van der Waals surface area contributed by atoms with Crippen LogP contribution in [0.5, 0.6) is 5.75 Å². The summed E-state index contributed by atoms with van der Waals surface area (Å²) in [6, 6.07) is 24.9. The second-order valence-electron chi connectivity index (χ2n) is 7.34. The number of ether oxygens (including phenoxy) is 1. The molecule has 0 saturated heterocycles. The number of aliphatic carboxylic acids is 1. The van der Waals surface area contributed by atoms with Crippen LogP contribution in [0.3, 0.4) is 0 Å². The van der Waals surface area contributed by atoms with Crippen LogP contribution in [0.25, 0.3) is 11.1 Å². The maximum atomic E-state index is 11.2. The van der Waals surface area contributed by atoms with Crippen molar-refractivity contribution in [3.63, 3.8) is 0 Å². The van der Waals surface area contributed by atoms with Gasteiger partial charge in [-0.05, 0) is 43.2 Å². The molecule has 150 valence electrons. The summed E-state index contributed by atoms with van der Waals surface area (Å²) >= 11 is 0. The van der Waals surface area contributed by atoms with Crippen LogP contribution >= 0.6 is 0 Å². The zero-order valence-corrected chi connectivity index (χ0v) is 16.5. The summed E-state index contributed by atoms with van der Waals surface area (Å²) in [6.07, 6.45) is -0.381. The largest absolute Gasteiger partial charge is 0.478 e. The van der Waals surface area contributed by atoms with Crippen molar-refractivity contribution >= 4 is 11.7 Å². The zero-order valence-electron chi connectivity index (χ0n) is 16.5. The quantitative estimate of drug-likeness (QED) is 0.490. The fourth-order valence-corrected chi connectivity index (χ4v) is 2.96. The number of aliphatic hydroxyl groups excluding tert-OH is 1. The van der Waals surface area contributed by atoms with Gasteiger partial charge in [-0.2, -0.15) is 0 Å². The normalized spacial score (nSPS) is 12.2. The minimum Gasteiger partial charge on any atom is -0.478 e. The van der Waals surface area contributed by atoms with Crippen molar-refractivity contribution in [1.82, 2.24) is 0 Å². The van der Waals surface area contributed by atoms with Crippen LogP contribution in [0.1, 0.15) is 19.4 Å². The summed E-state index contributed by atoms with van der Waals surface area (Å²) in [5.74, 6) is -0.559. The number of anilines is 1.